The summed E-state index contributed by atoms with van der Waals surface area (Å²) in [7, 11) is 0. The van der Waals surface area contributed by atoms with Crippen molar-refractivity contribution in [3.8, 4) is 5.75 Å². The molecular formula is C16H16F2N2O2S. The summed E-state index contributed by atoms with van der Waals surface area (Å²) >= 11 is 1.46. The number of carbonyl (C=O) groups is 1. The van der Waals surface area contributed by atoms with Gasteiger partial charge >= 0.3 is 6.61 Å². The molecule has 1 N–H and O–H groups in total. The molecule has 1 amide bonds. The van der Waals surface area contributed by atoms with Gasteiger partial charge in [-0.15, -0.1) is 11.3 Å². The molecule has 1 aliphatic carbocycles. The lowest BCUT2D eigenvalue weighted by Crippen LogP contribution is -2.14. The van der Waals surface area contributed by atoms with Crippen molar-refractivity contribution in [3.05, 3.63) is 40.4 Å². The Kier molecular flexibility index (Phi) is 4.85. The summed E-state index contributed by atoms with van der Waals surface area (Å²) in [5, 5.41) is 3.20. The molecule has 0 fully saturated rings. The third kappa shape index (κ3) is 3.85. The van der Waals surface area contributed by atoms with Crippen LogP contribution in [0.2, 0.25) is 0 Å². The van der Waals surface area contributed by atoms with Gasteiger partial charge in [0.25, 0.3) is 5.91 Å². The molecule has 1 heterocycles. The zero-order valence-corrected chi connectivity index (χ0v) is 13.2. The van der Waals surface area contributed by atoms with Crippen molar-refractivity contribution in [2.75, 3.05) is 5.32 Å². The molecule has 0 atom stereocenters. The molecule has 1 aliphatic rings. The molecule has 7 heteroatoms. The van der Waals surface area contributed by atoms with Crippen molar-refractivity contribution < 1.29 is 18.3 Å². The smallest absolute Gasteiger partial charge is 0.387 e. The van der Waals surface area contributed by atoms with Crippen molar-refractivity contribution in [1.29, 1.82) is 0 Å². The van der Waals surface area contributed by atoms with Crippen molar-refractivity contribution in [2.45, 2.75) is 38.7 Å². The predicted molar refractivity (Wildman–Crippen MR) is 84.4 cm³/mol. The highest BCUT2D eigenvalue weighted by Gasteiger charge is 2.19. The number of anilines is 1. The molecule has 0 saturated carbocycles. The van der Waals surface area contributed by atoms with Gasteiger partial charge in [-0.05, 0) is 37.8 Å². The lowest BCUT2D eigenvalue weighted by molar-refractivity contribution is -0.0501. The van der Waals surface area contributed by atoms with E-state index >= 15 is 0 Å². The number of rotatable bonds is 4. The van der Waals surface area contributed by atoms with Crippen LogP contribution in [0.5, 0.6) is 5.75 Å². The zero-order chi connectivity index (χ0) is 16.2. The second kappa shape index (κ2) is 7.04. The van der Waals surface area contributed by atoms with E-state index in [4.69, 9.17) is 0 Å². The van der Waals surface area contributed by atoms with Gasteiger partial charge in [-0.25, -0.2) is 4.98 Å². The van der Waals surface area contributed by atoms with E-state index in [0.29, 0.717) is 5.13 Å². The Bertz CT molecular complexity index is 680. The van der Waals surface area contributed by atoms with E-state index in [-0.39, 0.29) is 11.3 Å². The number of aryl methyl sites for hydroxylation is 2. The van der Waals surface area contributed by atoms with Crippen LogP contribution in [0.4, 0.5) is 13.9 Å². The predicted octanol–water partition coefficient (Wildman–Crippen LogP) is 4.27. The SMILES string of the molecule is O=C(Nc1nc2c(s1)CCCCC2)c1ccccc1OC(F)F. The van der Waals surface area contributed by atoms with Crippen LogP contribution in [0.1, 0.15) is 40.2 Å². The first-order chi connectivity index (χ1) is 11.1. The maximum Gasteiger partial charge on any atom is 0.387 e. The van der Waals surface area contributed by atoms with Crippen LogP contribution in [-0.4, -0.2) is 17.5 Å². The third-order valence-electron chi connectivity index (χ3n) is 3.66. The van der Waals surface area contributed by atoms with Gasteiger partial charge in [0.05, 0.1) is 11.3 Å². The Balaban J connectivity index is 1.77. The molecule has 0 bridgehead atoms. The van der Waals surface area contributed by atoms with E-state index in [9.17, 15) is 13.6 Å². The van der Waals surface area contributed by atoms with Gasteiger partial charge in [-0.2, -0.15) is 8.78 Å². The quantitative estimate of drug-likeness (QED) is 0.847. The molecule has 0 spiro atoms. The number of fused-ring (bicyclic) bond motifs is 1. The summed E-state index contributed by atoms with van der Waals surface area (Å²) in [4.78, 5) is 18.0. The first-order valence-electron chi connectivity index (χ1n) is 7.47. The Morgan fingerprint density at radius 1 is 1.22 bits per heavy atom. The fourth-order valence-corrected chi connectivity index (χ4v) is 3.64. The summed E-state index contributed by atoms with van der Waals surface area (Å²) < 4.78 is 29.2. The fourth-order valence-electron chi connectivity index (χ4n) is 2.60. The molecular weight excluding hydrogens is 322 g/mol. The number of amides is 1. The van der Waals surface area contributed by atoms with E-state index in [0.717, 1.165) is 31.4 Å². The lowest BCUT2D eigenvalue weighted by Gasteiger charge is -2.09. The molecule has 0 radical (unpaired) electrons. The lowest BCUT2D eigenvalue weighted by atomic mass is 10.2. The van der Waals surface area contributed by atoms with Gasteiger partial charge in [-0.3, -0.25) is 10.1 Å². The fraction of sp³-hybridized carbons (Fsp3) is 0.375. The van der Waals surface area contributed by atoms with Crippen molar-refractivity contribution in [1.82, 2.24) is 4.98 Å². The average Bonchev–Trinajstić information content (AvgIpc) is 2.75. The van der Waals surface area contributed by atoms with Gasteiger partial charge in [0.15, 0.2) is 5.13 Å². The first-order valence-corrected chi connectivity index (χ1v) is 8.29. The number of nitrogens with zero attached hydrogens (tertiary/aromatic N) is 1. The minimum absolute atomic E-state index is 0.0678. The Morgan fingerprint density at radius 2 is 2.00 bits per heavy atom. The van der Waals surface area contributed by atoms with E-state index < -0.39 is 12.5 Å². The van der Waals surface area contributed by atoms with Crippen LogP contribution in [0.3, 0.4) is 0 Å². The van der Waals surface area contributed by atoms with Crippen LogP contribution >= 0.6 is 11.3 Å². The summed E-state index contributed by atoms with van der Waals surface area (Å²) in [5.74, 6) is -0.636. The third-order valence-corrected chi connectivity index (χ3v) is 4.74. The number of aromatic nitrogens is 1. The summed E-state index contributed by atoms with van der Waals surface area (Å²) in [6.45, 7) is -2.97. The largest absolute Gasteiger partial charge is 0.434 e. The number of para-hydroxylation sites is 1. The molecule has 3 rings (SSSR count). The van der Waals surface area contributed by atoms with Gasteiger partial charge < -0.3 is 4.74 Å². The van der Waals surface area contributed by atoms with E-state index in [2.05, 4.69) is 15.0 Å². The van der Waals surface area contributed by atoms with Crippen LogP contribution in [-0.2, 0) is 12.8 Å². The van der Waals surface area contributed by atoms with E-state index in [1.54, 1.807) is 12.1 Å². The normalized spacial score (nSPS) is 14.2. The number of carbonyl (C=O) groups excluding carboxylic acids is 1. The van der Waals surface area contributed by atoms with Gasteiger partial charge in [0, 0.05) is 4.88 Å². The first kappa shape index (κ1) is 15.9. The second-order valence-corrected chi connectivity index (χ2v) is 6.36. The number of halogens is 2. The monoisotopic (exact) mass is 338 g/mol. The van der Waals surface area contributed by atoms with Gasteiger partial charge in [0.2, 0.25) is 0 Å². The Morgan fingerprint density at radius 3 is 2.83 bits per heavy atom. The maximum absolute atomic E-state index is 12.4. The van der Waals surface area contributed by atoms with Gasteiger partial charge in [-0.1, -0.05) is 18.6 Å². The second-order valence-electron chi connectivity index (χ2n) is 5.28. The van der Waals surface area contributed by atoms with E-state index in [1.165, 1.54) is 34.8 Å². The number of alkyl halides is 2. The Labute approximate surface area is 136 Å². The molecule has 1 aromatic heterocycles. The minimum atomic E-state index is -2.97. The van der Waals surface area contributed by atoms with Crippen LogP contribution in [0.25, 0.3) is 0 Å². The molecule has 4 nitrogen and oxygen atoms in total. The molecule has 0 aliphatic heterocycles. The van der Waals surface area contributed by atoms with E-state index in [1.807, 2.05) is 0 Å². The summed E-state index contributed by atoms with van der Waals surface area (Å²) in [6, 6.07) is 5.94. The average molecular weight is 338 g/mol. The molecule has 2 aromatic rings. The number of hydrogen-bond acceptors (Lipinski definition) is 4. The maximum atomic E-state index is 12.4. The summed E-state index contributed by atoms with van der Waals surface area (Å²) in [6.07, 6.45) is 5.34. The zero-order valence-electron chi connectivity index (χ0n) is 12.4. The standard InChI is InChI=1S/C16H16F2N2O2S/c17-15(18)22-12-8-5-4-6-10(12)14(21)20-16-19-11-7-2-1-3-9-13(11)23-16/h4-6,8,15H,1-3,7,9H2,(H,19,20,21). The minimum Gasteiger partial charge on any atom is -0.434 e. The molecule has 23 heavy (non-hydrogen) atoms. The molecule has 122 valence electrons. The number of hydrogen-bond donors (Lipinski definition) is 1. The number of benzene rings is 1. The number of nitrogens with one attached hydrogen (secondary N) is 1. The van der Waals surface area contributed by atoms with Gasteiger partial charge in [0.1, 0.15) is 5.75 Å². The van der Waals surface area contributed by atoms with Crippen molar-refractivity contribution in [3.63, 3.8) is 0 Å². The molecule has 0 saturated heterocycles. The summed E-state index contributed by atoms with van der Waals surface area (Å²) in [5.41, 5.74) is 1.11. The highest BCUT2D eigenvalue weighted by Crippen LogP contribution is 2.30. The Hall–Kier alpha value is -2.02. The number of thiazole rings is 1. The highest BCUT2D eigenvalue weighted by molar-refractivity contribution is 7.15. The van der Waals surface area contributed by atoms with Crippen LogP contribution in [0.15, 0.2) is 24.3 Å². The van der Waals surface area contributed by atoms with Crippen LogP contribution < -0.4 is 10.1 Å². The molecule has 1 aromatic carbocycles. The van der Waals surface area contributed by atoms with Crippen molar-refractivity contribution >= 4 is 22.4 Å². The van der Waals surface area contributed by atoms with Crippen LogP contribution in [0, 0.1) is 0 Å². The topological polar surface area (TPSA) is 51.2 Å². The molecule has 0 unspecified atom stereocenters. The van der Waals surface area contributed by atoms with Crippen molar-refractivity contribution in [2.24, 2.45) is 0 Å². The highest BCUT2D eigenvalue weighted by atomic mass is 32.1. The number of ether oxygens (including phenoxy) is 1.